The van der Waals surface area contributed by atoms with E-state index in [9.17, 15) is 5.11 Å². The third-order valence-corrected chi connectivity index (χ3v) is 3.92. The Balaban J connectivity index is 1.62. The molecule has 3 rings (SSSR count). The summed E-state index contributed by atoms with van der Waals surface area (Å²) < 4.78 is 2.07. The first-order valence-electron chi connectivity index (χ1n) is 7.29. The largest absolute Gasteiger partial charge is 0.393 e. The van der Waals surface area contributed by atoms with Crippen LogP contribution in [0.3, 0.4) is 0 Å². The highest BCUT2D eigenvalue weighted by molar-refractivity contribution is 5.46. The Morgan fingerprint density at radius 3 is 2.85 bits per heavy atom. The summed E-state index contributed by atoms with van der Waals surface area (Å²) in [6.45, 7) is 0.846. The van der Waals surface area contributed by atoms with E-state index in [0.29, 0.717) is 6.04 Å². The molecule has 0 atom stereocenters. The molecule has 0 unspecified atom stereocenters. The highest BCUT2D eigenvalue weighted by Gasteiger charge is 2.18. The van der Waals surface area contributed by atoms with E-state index < -0.39 is 0 Å². The van der Waals surface area contributed by atoms with Crippen molar-refractivity contribution in [1.82, 2.24) is 9.55 Å². The third-order valence-electron chi connectivity index (χ3n) is 3.92. The summed E-state index contributed by atoms with van der Waals surface area (Å²) in [4.78, 5) is 4.07. The number of hydrogen-bond acceptors (Lipinski definition) is 3. The van der Waals surface area contributed by atoms with E-state index in [1.54, 1.807) is 6.20 Å². The highest BCUT2D eigenvalue weighted by atomic mass is 16.3. The quantitative estimate of drug-likeness (QED) is 0.899. The molecule has 0 bridgehead atoms. The lowest BCUT2D eigenvalue weighted by molar-refractivity contribution is 0.126. The molecule has 20 heavy (non-hydrogen) atoms. The number of rotatable bonds is 4. The average Bonchev–Trinajstić information content (AvgIpc) is 2.95. The van der Waals surface area contributed by atoms with Gasteiger partial charge in [0.2, 0.25) is 0 Å². The summed E-state index contributed by atoms with van der Waals surface area (Å²) in [5.74, 6) is 0. The second-order valence-corrected chi connectivity index (χ2v) is 5.59. The first-order valence-corrected chi connectivity index (χ1v) is 7.29. The van der Waals surface area contributed by atoms with Gasteiger partial charge in [-0.2, -0.15) is 0 Å². The molecule has 0 spiro atoms. The fourth-order valence-electron chi connectivity index (χ4n) is 2.81. The number of aliphatic hydroxyl groups is 1. The summed E-state index contributed by atoms with van der Waals surface area (Å²) in [6, 6.07) is 9.03. The van der Waals surface area contributed by atoms with E-state index >= 15 is 0 Å². The Morgan fingerprint density at radius 1 is 1.25 bits per heavy atom. The van der Waals surface area contributed by atoms with Crippen LogP contribution in [0, 0.1) is 0 Å². The minimum Gasteiger partial charge on any atom is -0.393 e. The minimum atomic E-state index is -0.0966. The zero-order valence-corrected chi connectivity index (χ0v) is 11.6. The zero-order chi connectivity index (χ0) is 13.8. The Labute approximate surface area is 119 Å². The van der Waals surface area contributed by atoms with Crippen LogP contribution in [-0.2, 0) is 6.54 Å². The van der Waals surface area contributed by atoms with Crippen molar-refractivity contribution >= 4 is 5.69 Å². The zero-order valence-electron chi connectivity index (χ0n) is 11.6. The van der Waals surface area contributed by atoms with E-state index in [1.165, 1.54) is 11.3 Å². The van der Waals surface area contributed by atoms with Crippen LogP contribution in [0.4, 0.5) is 5.69 Å². The summed E-state index contributed by atoms with van der Waals surface area (Å²) in [5.41, 5.74) is 2.44. The smallest absolute Gasteiger partial charge is 0.0949 e. The maximum absolute atomic E-state index is 9.54. The number of aromatic nitrogens is 2. The lowest BCUT2D eigenvalue weighted by Crippen LogP contribution is -2.28. The van der Waals surface area contributed by atoms with Gasteiger partial charge in [-0.25, -0.2) is 4.98 Å². The minimum absolute atomic E-state index is 0.0966. The van der Waals surface area contributed by atoms with Crippen LogP contribution in [0.1, 0.15) is 31.2 Å². The molecule has 0 saturated heterocycles. The molecule has 2 N–H and O–H groups in total. The number of nitrogens with zero attached hydrogens (tertiary/aromatic N) is 2. The molecule has 0 amide bonds. The highest BCUT2D eigenvalue weighted by Crippen LogP contribution is 2.22. The molecule has 4 nitrogen and oxygen atoms in total. The Morgan fingerprint density at radius 2 is 2.10 bits per heavy atom. The van der Waals surface area contributed by atoms with Crippen molar-refractivity contribution < 1.29 is 5.11 Å². The molecule has 1 heterocycles. The van der Waals surface area contributed by atoms with Gasteiger partial charge in [0.1, 0.15) is 0 Å². The monoisotopic (exact) mass is 271 g/mol. The average molecular weight is 271 g/mol. The van der Waals surface area contributed by atoms with Gasteiger partial charge >= 0.3 is 0 Å². The SMILES string of the molecule is OC1CCC(Nc2cccc(Cn3ccnc3)c2)CC1. The molecule has 0 aliphatic heterocycles. The Kier molecular flexibility index (Phi) is 4.02. The normalized spacial score (nSPS) is 22.6. The van der Waals surface area contributed by atoms with E-state index in [2.05, 4.69) is 39.1 Å². The van der Waals surface area contributed by atoms with Crippen LogP contribution >= 0.6 is 0 Å². The van der Waals surface area contributed by atoms with Crippen LogP contribution < -0.4 is 5.32 Å². The molecule has 1 fully saturated rings. The molecule has 106 valence electrons. The summed E-state index contributed by atoms with van der Waals surface area (Å²) in [5, 5.41) is 13.1. The van der Waals surface area contributed by atoms with E-state index in [-0.39, 0.29) is 6.10 Å². The predicted molar refractivity (Wildman–Crippen MR) is 79.7 cm³/mol. The van der Waals surface area contributed by atoms with Gasteiger partial charge in [0.05, 0.1) is 12.4 Å². The van der Waals surface area contributed by atoms with Crippen LogP contribution in [0.25, 0.3) is 0 Å². The van der Waals surface area contributed by atoms with Crippen molar-refractivity contribution in [3.63, 3.8) is 0 Å². The lowest BCUT2D eigenvalue weighted by Gasteiger charge is -2.27. The predicted octanol–water partition coefficient (Wildman–Crippen LogP) is 2.65. The fraction of sp³-hybridized carbons (Fsp3) is 0.438. The molecule has 0 radical (unpaired) electrons. The third kappa shape index (κ3) is 3.39. The number of imidazole rings is 1. The number of nitrogens with one attached hydrogen (secondary N) is 1. The number of hydrogen-bond donors (Lipinski definition) is 2. The van der Waals surface area contributed by atoms with Gasteiger partial charge in [0, 0.05) is 30.7 Å². The van der Waals surface area contributed by atoms with Crippen molar-refractivity contribution in [2.45, 2.75) is 44.4 Å². The fourth-order valence-corrected chi connectivity index (χ4v) is 2.81. The van der Waals surface area contributed by atoms with Gasteiger partial charge in [-0.15, -0.1) is 0 Å². The van der Waals surface area contributed by atoms with Crippen LogP contribution in [0.5, 0.6) is 0 Å². The standard InChI is InChI=1S/C16H21N3O/c20-16-6-4-14(5-7-16)18-15-3-1-2-13(10-15)11-19-9-8-17-12-19/h1-3,8-10,12,14,16,18,20H,4-7,11H2. The molecule has 4 heteroatoms. The van der Waals surface area contributed by atoms with Gasteiger partial charge in [-0.05, 0) is 43.4 Å². The van der Waals surface area contributed by atoms with E-state index in [4.69, 9.17) is 0 Å². The number of aliphatic hydroxyl groups excluding tert-OH is 1. The van der Waals surface area contributed by atoms with Crippen LogP contribution in [-0.4, -0.2) is 26.8 Å². The second kappa shape index (κ2) is 6.09. The lowest BCUT2D eigenvalue weighted by atomic mass is 9.93. The Bertz CT molecular complexity index is 530. The van der Waals surface area contributed by atoms with E-state index in [0.717, 1.165) is 32.2 Å². The van der Waals surface area contributed by atoms with Crippen molar-refractivity contribution in [2.24, 2.45) is 0 Å². The van der Waals surface area contributed by atoms with Crippen LogP contribution in [0.2, 0.25) is 0 Å². The molecule has 2 aromatic rings. The second-order valence-electron chi connectivity index (χ2n) is 5.59. The summed E-state index contributed by atoms with van der Waals surface area (Å²) in [7, 11) is 0. The van der Waals surface area contributed by atoms with Gasteiger partial charge in [-0.1, -0.05) is 12.1 Å². The molecular formula is C16H21N3O. The summed E-state index contributed by atoms with van der Waals surface area (Å²) >= 11 is 0. The molecular weight excluding hydrogens is 250 g/mol. The molecule has 1 saturated carbocycles. The molecule has 1 aliphatic carbocycles. The molecule has 1 aromatic carbocycles. The number of benzene rings is 1. The number of anilines is 1. The van der Waals surface area contributed by atoms with Gasteiger partial charge < -0.3 is 15.0 Å². The summed E-state index contributed by atoms with van der Waals surface area (Å²) in [6.07, 6.45) is 9.43. The van der Waals surface area contributed by atoms with Crippen molar-refractivity contribution in [1.29, 1.82) is 0 Å². The van der Waals surface area contributed by atoms with Crippen molar-refractivity contribution in [3.8, 4) is 0 Å². The topological polar surface area (TPSA) is 50.1 Å². The van der Waals surface area contributed by atoms with Gasteiger partial charge in [-0.3, -0.25) is 0 Å². The maximum Gasteiger partial charge on any atom is 0.0949 e. The van der Waals surface area contributed by atoms with Gasteiger partial charge in [0.25, 0.3) is 0 Å². The molecule has 1 aromatic heterocycles. The Hall–Kier alpha value is -1.81. The van der Waals surface area contributed by atoms with Crippen molar-refractivity contribution in [2.75, 3.05) is 5.32 Å². The first kappa shape index (κ1) is 13.2. The van der Waals surface area contributed by atoms with E-state index in [1.807, 2.05) is 12.5 Å². The van der Waals surface area contributed by atoms with Gasteiger partial charge in [0.15, 0.2) is 0 Å². The van der Waals surface area contributed by atoms with Crippen molar-refractivity contribution in [3.05, 3.63) is 48.5 Å². The molecule has 1 aliphatic rings. The maximum atomic E-state index is 9.54. The first-order chi connectivity index (χ1) is 9.79. The van der Waals surface area contributed by atoms with Crippen LogP contribution in [0.15, 0.2) is 43.0 Å².